The molecule has 1 amide bonds. The first-order valence-corrected chi connectivity index (χ1v) is 11.7. The Kier molecular flexibility index (Phi) is 8.81. The Morgan fingerprint density at radius 3 is 2.53 bits per heavy atom. The highest BCUT2D eigenvalue weighted by atomic mass is 19.1. The lowest BCUT2D eigenvalue weighted by atomic mass is 9.84. The summed E-state index contributed by atoms with van der Waals surface area (Å²) in [7, 11) is 1.89. The lowest BCUT2D eigenvalue weighted by Gasteiger charge is -2.41. The molecule has 0 radical (unpaired) electrons. The minimum atomic E-state index is -0.751. The molecule has 1 saturated heterocycles. The van der Waals surface area contributed by atoms with Crippen molar-refractivity contribution in [3.05, 3.63) is 77.8 Å². The minimum Gasteiger partial charge on any atom is -0.388 e. The van der Waals surface area contributed by atoms with Crippen molar-refractivity contribution in [1.82, 2.24) is 10.2 Å². The van der Waals surface area contributed by atoms with Crippen molar-refractivity contribution in [2.45, 2.75) is 31.3 Å². The quantitative estimate of drug-likeness (QED) is 0.230. The van der Waals surface area contributed by atoms with Gasteiger partial charge in [-0.15, -0.1) is 0 Å². The number of carbonyl (C=O) groups is 1. The van der Waals surface area contributed by atoms with Crippen LogP contribution in [0.1, 0.15) is 30.4 Å². The largest absolute Gasteiger partial charge is 0.388 e. The fourth-order valence-electron chi connectivity index (χ4n) is 4.23. The number of amides is 1. The number of nitrogens with two attached hydrogens (primary N) is 2. The summed E-state index contributed by atoms with van der Waals surface area (Å²) in [6.45, 7) is 6.17. The molecule has 1 fully saturated rings. The third-order valence-electron chi connectivity index (χ3n) is 6.38. The molecule has 9 heteroatoms. The third kappa shape index (κ3) is 6.71. The van der Waals surface area contributed by atoms with Crippen molar-refractivity contribution < 1.29 is 9.18 Å². The fourth-order valence-corrected chi connectivity index (χ4v) is 4.23. The average Bonchev–Trinajstić information content (AvgIpc) is 2.87. The summed E-state index contributed by atoms with van der Waals surface area (Å²) < 4.78 is 13.2. The van der Waals surface area contributed by atoms with Crippen LogP contribution in [-0.4, -0.2) is 42.3 Å². The second-order valence-corrected chi connectivity index (χ2v) is 8.81. The number of piperidine rings is 1. The molecule has 1 aliphatic heterocycles. The molecule has 0 unspecified atom stereocenters. The molecule has 1 heterocycles. The number of benzene rings is 2. The molecule has 3 rings (SSSR count). The predicted octanol–water partition coefficient (Wildman–Crippen LogP) is 3.41. The highest BCUT2D eigenvalue weighted by Gasteiger charge is 2.34. The number of nitriles is 1. The zero-order valence-electron chi connectivity index (χ0n) is 20.4. The lowest BCUT2D eigenvalue weighted by Crippen LogP contribution is -2.51. The first-order chi connectivity index (χ1) is 17.3. The van der Waals surface area contributed by atoms with Crippen LogP contribution in [0.15, 0.2) is 65.8 Å². The van der Waals surface area contributed by atoms with Crippen LogP contribution in [0.25, 0.3) is 6.08 Å². The van der Waals surface area contributed by atoms with E-state index in [4.69, 9.17) is 11.5 Å². The fraction of sp³-hybridized carbons (Fsp3) is 0.296. The van der Waals surface area contributed by atoms with Gasteiger partial charge in [0.1, 0.15) is 11.7 Å². The van der Waals surface area contributed by atoms with Gasteiger partial charge in [0.05, 0.1) is 29.3 Å². The molecule has 0 saturated carbocycles. The van der Waals surface area contributed by atoms with Crippen LogP contribution in [0.2, 0.25) is 0 Å². The van der Waals surface area contributed by atoms with Crippen LogP contribution in [0, 0.1) is 17.1 Å². The molecule has 188 valence electrons. The van der Waals surface area contributed by atoms with E-state index in [1.54, 1.807) is 0 Å². The van der Waals surface area contributed by atoms with Crippen LogP contribution < -0.4 is 22.1 Å². The molecule has 2 aromatic carbocycles. The minimum absolute atomic E-state index is 0.000901. The van der Waals surface area contributed by atoms with Crippen molar-refractivity contribution in [1.29, 1.82) is 5.26 Å². The van der Waals surface area contributed by atoms with Gasteiger partial charge in [-0.1, -0.05) is 24.8 Å². The molecule has 0 bridgehead atoms. The van der Waals surface area contributed by atoms with Gasteiger partial charge in [0.25, 0.3) is 5.91 Å². The Morgan fingerprint density at radius 1 is 1.25 bits per heavy atom. The van der Waals surface area contributed by atoms with E-state index in [1.807, 2.05) is 19.2 Å². The van der Waals surface area contributed by atoms with E-state index in [2.05, 4.69) is 45.3 Å². The van der Waals surface area contributed by atoms with E-state index in [0.717, 1.165) is 30.9 Å². The Hall–Kier alpha value is -4.16. The Morgan fingerprint density at radius 2 is 1.94 bits per heavy atom. The summed E-state index contributed by atoms with van der Waals surface area (Å²) in [5, 5.41) is 15.9. The number of primary amides is 1. The number of amidine groups is 1. The number of likely N-dealkylation sites (tertiary alicyclic amines) is 1. The van der Waals surface area contributed by atoms with Crippen molar-refractivity contribution >= 4 is 29.2 Å². The van der Waals surface area contributed by atoms with Crippen molar-refractivity contribution in [2.75, 3.05) is 25.5 Å². The molecule has 6 N–H and O–H groups in total. The summed E-state index contributed by atoms with van der Waals surface area (Å²) in [5.41, 5.74) is 14.7. The van der Waals surface area contributed by atoms with E-state index in [1.165, 1.54) is 36.0 Å². The third-order valence-corrected chi connectivity index (χ3v) is 6.38. The maximum absolute atomic E-state index is 13.2. The number of hydrogen-bond acceptors (Lipinski definition) is 6. The van der Waals surface area contributed by atoms with Crippen LogP contribution in [0.3, 0.4) is 0 Å². The number of rotatable bonds is 10. The molecule has 0 spiro atoms. The highest BCUT2D eigenvalue weighted by Crippen LogP contribution is 2.28. The number of halogens is 1. The normalized spacial score (nSPS) is 16.1. The van der Waals surface area contributed by atoms with Crippen LogP contribution >= 0.6 is 0 Å². The molecule has 1 aliphatic rings. The summed E-state index contributed by atoms with van der Waals surface area (Å²) in [5.74, 6) is -1.24. The Bertz CT molecular complexity index is 1190. The van der Waals surface area contributed by atoms with E-state index in [-0.39, 0.29) is 17.8 Å². The predicted molar refractivity (Wildman–Crippen MR) is 142 cm³/mol. The van der Waals surface area contributed by atoms with Crippen LogP contribution in [-0.2, 0) is 11.3 Å². The van der Waals surface area contributed by atoms with E-state index in [0.29, 0.717) is 18.5 Å². The monoisotopic (exact) mass is 489 g/mol. The number of aliphatic imine (C=N–C) groups is 1. The second kappa shape index (κ2) is 12.0. The SMILES string of the molecule is C=Cc1ccc(CN2CCC(CC#N)(N/C=C(/C(N)=O)C(N)=Nc3ccc(F)cc3)CC2)cc1NC. The molecule has 8 nitrogen and oxygen atoms in total. The highest BCUT2D eigenvalue weighted by molar-refractivity contribution is 6.20. The van der Waals surface area contributed by atoms with E-state index < -0.39 is 17.3 Å². The van der Waals surface area contributed by atoms with Crippen LogP contribution in [0.5, 0.6) is 0 Å². The number of carbonyl (C=O) groups excluding carboxylic acids is 1. The average molecular weight is 490 g/mol. The van der Waals surface area contributed by atoms with E-state index >= 15 is 0 Å². The number of nitrogens with zero attached hydrogens (tertiary/aromatic N) is 3. The molecule has 0 aliphatic carbocycles. The maximum Gasteiger partial charge on any atom is 0.253 e. The molecule has 0 atom stereocenters. The van der Waals surface area contributed by atoms with Gasteiger partial charge in [-0.05, 0) is 54.3 Å². The molecular weight excluding hydrogens is 457 g/mol. The van der Waals surface area contributed by atoms with Gasteiger partial charge in [0.15, 0.2) is 0 Å². The van der Waals surface area contributed by atoms with Gasteiger partial charge < -0.3 is 22.1 Å². The summed E-state index contributed by atoms with van der Waals surface area (Å²) in [6.07, 6.45) is 4.92. The smallest absolute Gasteiger partial charge is 0.253 e. The van der Waals surface area contributed by atoms with E-state index in [9.17, 15) is 14.4 Å². The van der Waals surface area contributed by atoms with Crippen LogP contribution in [0.4, 0.5) is 15.8 Å². The maximum atomic E-state index is 13.2. The van der Waals surface area contributed by atoms with Gasteiger partial charge in [0, 0.05) is 38.6 Å². The summed E-state index contributed by atoms with van der Waals surface area (Å²) in [6, 6.07) is 13.9. The standard InChI is InChI=1S/C27H32FN7O/c1-3-20-5-4-19(16-24(20)32-2)18-35-14-11-27(10-13-29,12-15-35)33-17-23(26(31)36)25(30)34-22-8-6-21(28)7-9-22/h3-9,16-17,32-33H,1,10-12,14-15,18H2,2H3,(H2,30,34)(H2,31,36)/b23-17+. The second-order valence-electron chi connectivity index (χ2n) is 8.81. The number of nitrogens with one attached hydrogen (secondary N) is 2. The van der Waals surface area contributed by atoms with Gasteiger partial charge in [-0.2, -0.15) is 5.26 Å². The van der Waals surface area contributed by atoms with Crippen molar-refractivity contribution in [3.8, 4) is 6.07 Å². The first kappa shape index (κ1) is 26.4. The zero-order valence-corrected chi connectivity index (χ0v) is 20.4. The lowest BCUT2D eigenvalue weighted by molar-refractivity contribution is -0.114. The number of hydrogen-bond donors (Lipinski definition) is 4. The zero-order chi connectivity index (χ0) is 26.1. The van der Waals surface area contributed by atoms with Gasteiger partial charge in [-0.25, -0.2) is 9.38 Å². The Labute approximate surface area is 211 Å². The van der Waals surface area contributed by atoms with Gasteiger partial charge in [-0.3, -0.25) is 9.69 Å². The molecule has 36 heavy (non-hydrogen) atoms. The topological polar surface area (TPSA) is 133 Å². The molecular formula is C27H32FN7O. The first-order valence-electron chi connectivity index (χ1n) is 11.7. The van der Waals surface area contributed by atoms with Gasteiger partial charge in [0.2, 0.25) is 0 Å². The Balaban J connectivity index is 1.71. The summed E-state index contributed by atoms with van der Waals surface area (Å²) >= 11 is 0. The molecule has 2 aromatic rings. The van der Waals surface area contributed by atoms with Crippen molar-refractivity contribution in [3.63, 3.8) is 0 Å². The molecule has 0 aromatic heterocycles. The number of anilines is 1. The van der Waals surface area contributed by atoms with Crippen molar-refractivity contribution in [2.24, 2.45) is 16.5 Å². The summed E-state index contributed by atoms with van der Waals surface area (Å²) in [4.78, 5) is 18.6. The van der Waals surface area contributed by atoms with Gasteiger partial charge >= 0.3 is 0 Å².